The SMILES string of the molecule is F.O=C(O)O.[Ca+2].[Ce].[H-].[H-].[La]. The second kappa shape index (κ2) is 22.5. The summed E-state index contributed by atoms with van der Waals surface area (Å²) in [5.41, 5.74) is 0. The molecule has 0 saturated carbocycles. The van der Waals surface area contributed by atoms with Crippen LogP contribution in [0.25, 0.3) is 0 Å². The Kier molecular flexibility index (Phi) is 85.8. The molecule has 0 aromatic carbocycles. The molecule has 3 nitrogen and oxygen atoms in total. The first-order valence-corrected chi connectivity index (χ1v) is 0.651. The van der Waals surface area contributed by atoms with Crippen LogP contribution in [0.1, 0.15) is 2.85 Å². The topological polar surface area (TPSA) is 57.5 Å². The third-order valence-corrected chi connectivity index (χ3v) is 0. The Morgan fingerprint density at radius 2 is 1.38 bits per heavy atom. The van der Waals surface area contributed by atoms with Gasteiger partial charge in [0.1, 0.15) is 0 Å². The van der Waals surface area contributed by atoms with Gasteiger partial charge < -0.3 is 13.1 Å². The van der Waals surface area contributed by atoms with Crippen molar-refractivity contribution in [3.05, 3.63) is 0 Å². The van der Waals surface area contributed by atoms with E-state index in [-0.39, 0.29) is 123 Å². The Bertz CT molecular complexity index is 49.5. The van der Waals surface area contributed by atoms with Crippen molar-refractivity contribution in [2.75, 3.05) is 0 Å². The van der Waals surface area contributed by atoms with Crippen LogP contribution >= 0.6 is 0 Å². The van der Waals surface area contributed by atoms with Crippen molar-refractivity contribution < 1.29 is 99.9 Å². The minimum Gasteiger partial charge on any atom is -1.00 e. The molecule has 0 saturated heterocycles. The van der Waals surface area contributed by atoms with E-state index in [2.05, 4.69) is 0 Å². The fourth-order valence-corrected chi connectivity index (χ4v) is 0. The van der Waals surface area contributed by atoms with Crippen molar-refractivity contribution in [2.45, 2.75) is 0 Å². The van der Waals surface area contributed by atoms with Gasteiger partial charge in [-0.25, -0.2) is 4.79 Å². The zero-order chi connectivity index (χ0) is 3.58. The molecule has 0 atom stereocenters. The minimum absolute atomic E-state index is 0. The van der Waals surface area contributed by atoms with Crippen molar-refractivity contribution in [1.29, 1.82) is 0 Å². The van der Waals surface area contributed by atoms with Crippen LogP contribution in [-0.4, -0.2) is 54.1 Å². The average Bonchev–Trinajstić information content (AvgIpc) is 0.811. The van der Waals surface area contributed by atoms with Crippen molar-refractivity contribution in [1.82, 2.24) is 0 Å². The fraction of sp³-hybridized carbons (Fsp3) is 0. The third kappa shape index (κ3) is 63.4. The number of hydrogen-bond donors (Lipinski definition) is 2. The van der Waals surface area contributed by atoms with Gasteiger partial charge in [-0.15, -0.1) is 0 Å². The molecular formula is CH5CaCeFLaO3. The Morgan fingerprint density at radius 3 is 1.38 bits per heavy atom. The van der Waals surface area contributed by atoms with Gasteiger partial charge in [-0.2, -0.15) is 0 Å². The number of halogens is 1. The first kappa shape index (κ1) is 30.5. The first-order chi connectivity index (χ1) is 1.73. The minimum atomic E-state index is -1.83. The molecule has 0 aliphatic rings. The van der Waals surface area contributed by atoms with Crippen LogP contribution in [0, 0.1) is 77.3 Å². The van der Waals surface area contributed by atoms with Crippen LogP contribution in [-0.2, 0) is 0 Å². The van der Waals surface area contributed by atoms with Gasteiger partial charge >= 0.3 is 43.9 Å². The molecule has 1 radical (unpaired) electrons. The number of rotatable bonds is 0. The summed E-state index contributed by atoms with van der Waals surface area (Å²) in [5.74, 6) is 0. The van der Waals surface area contributed by atoms with Crippen LogP contribution < -0.4 is 0 Å². The number of hydrogen-bond acceptors (Lipinski definition) is 1. The Balaban J connectivity index is -0.00000000300. The van der Waals surface area contributed by atoms with Crippen LogP contribution in [0.2, 0.25) is 0 Å². The van der Waals surface area contributed by atoms with Crippen LogP contribution in [0.3, 0.4) is 0 Å². The molecule has 43 valence electrons. The molecule has 0 aromatic heterocycles. The summed E-state index contributed by atoms with van der Waals surface area (Å²) in [6, 6.07) is 0. The van der Waals surface area contributed by atoms with Crippen LogP contribution in [0.5, 0.6) is 0 Å². The molecule has 0 heterocycles. The molecule has 0 unspecified atom stereocenters. The predicted octanol–water partition coefficient (Wildman–Crippen LogP) is 0.219. The summed E-state index contributed by atoms with van der Waals surface area (Å²) in [5, 5.41) is 13.9. The van der Waals surface area contributed by atoms with E-state index < -0.39 is 6.16 Å². The summed E-state index contributed by atoms with van der Waals surface area (Å²) in [7, 11) is 0. The standard InChI is InChI=1S/CH2O3.Ca.Ce.FH.La.2H/c2-1(3)4;;;;;;/h(H2,2,3,4);;;1H;;;/q;+2;;;;2*-1. The normalized spacial score (nSPS) is 3.00. The van der Waals surface area contributed by atoms with Gasteiger partial charge in [-0.3, -0.25) is 4.70 Å². The first-order valence-electron chi connectivity index (χ1n) is 0.651. The van der Waals surface area contributed by atoms with E-state index in [0.717, 1.165) is 0 Å². The largest absolute Gasteiger partial charge is 2.00 e. The fourth-order valence-electron chi connectivity index (χ4n) is 0. The van der Waals surface area contributed by atoms with E-state index in [1.165, 1.54) is 0 Å². The average molecular weight is 403 g/mol. The van der Waals surface area contributed by atoms with Gasteiger partial charge in [0, 0.05) is 77.3 Å². The molecule has 0 bridgehead atoms. The van der Waals surface area contributed by atoms with Gasteiger partial charge in [0.25, 0.3) is 0 Å². The number of carboxylic acid groups (broad SMARTS) is 2. The molecule has 0 aromatic rings. The Hall–Kier alpha value is 3.03. The Labute approximate surface area is 140 Å². The van der Waals surface area contributed by atoms with Crippen molar-refractivity contribution in [3.63, 3.8) is 0 Å². The smallest absolute Gasteiger partial charge is 1.00 e. The second-order valence-electron chi connectivity index (χ2n) is 0.283. The zero-order valence-corrected chi connectivity index (χ0v) is 13.0. The van der Waals surface area contributed by atoms with E-state index in [4.69, 9.17) is 15.0 Å². The summed E-state index contributed by atoms with van der Waals surface area (Å²) >= 11 is 0. The van der Waals surface area contributed by atoms with Gasteiger partial charge in [0.05, 0.1) is 0 Å². The quantitative estimate of drug-likeness (QED) is 0.570. The molecule has 0 spiro atoms. The summed E-state index contributed by atoms with van der Waals surface area (Å²) < 4.78 is 0. The monoisotopic (exact) mass is 403 g/mol. The molecule has 2 N–H and O–H groups in total. The van der Waals surface area contributed by atoms with Crippen molar-refractivity contribution in [2.24, 2.45) is 0 Å². The third-order valence-electron chi connectivity index (χ3n) is 0. The maximum Gasteiger partial charge on any atom is 2.00 e. The van der Waals surface area contributed by atoms with Gasteiger partial charge in [-0.1, -0.05) is 0 Å². The predicted molar refractivity (Wildman–Crippen MR) is 21.1 cm³/mol. The van der Waals surface area contributed by atoms with Crippen LogP contribution in [0.15, 0.2) is 0 Å². The van der Waals surface area contributed by atoms with E-state index in [9.17, 15) is 0 Å². The molecule has 0 amide bonds. The maximum atomic E-state index is 8.56. The Morgan fingerprint density at radius 1 is 1.38 bits per heavy atom. The molecule has 0 rings (SSSR count). The van der Waals surface area contributed by atoms with Crippen molar-refractivity contribution in [3.8, 4) is 0 Å². The molecule has 8 heavy (non-hydrogen) atoms. The number of carbonyl (C=O) groups is 1. The summed E-state index contributed by atoms with van der Waals surface area (Å²) in [6.45, 7) is 0. The van der Waals surface area contributed by atoms with Gasteiger partial charge in [0.2, 0.25) is 0 Å². The van der Waals surface area contributed by atoms with E-state index >= 15 is 0 Å². The molecular weight excluding hydrogens is 398 g/mol. The summed E-state index contributed by atoms with van der Waals surface area (Å²) in [6.07, 6.45) is -1.83. The molecule has 0 aliphatic heterocycles. The van der Waals surface area contributed by atoms with E-state index in [1.54, 1.807) is 0 Å². The van der Waals surface area contributed by atoms with Crippen LogP contribution in [0.4, 0.5) is 9.50 Å². The van der Waals surface area contributed by atoms with Gasteiger partial charge in [-0.05, 0) is 0 Å². The summed E-state index contributed by atoms with van der Waals surface area (Å²) in [4.78, 5) is 8.56. The molecule has 0 aliphatic carbocycles. The zero-order valence-electron chi connectivity index (χ0n) is 6.00. The van der Waals surface area contributed by atoms with Crippen molar-refractivity contribution >= 4 is 43.9 Å². The molecule has 7 heteroatoms. The second-order valence-corrected chi connectivity index (χ2v) is 0.283. The van der Waals surface area contributed by atoms with Gasteiger partial charge in [0.15, 0.2) is 0 Å². The van der Waals surface area contributed by atoms with E-state index in [0.29, 0.717) is 0 Å². The van der Waals surface area contributed by atoms with E-state index in [1.807, 2.05) is 0 Å². The maximum absolute atomic E-state index is 8.56. The molecule has 0 fully saturated rings.